The lowest BCUT2D eigenvalue weighted by Gasteiger charge is -2.25. The number of ether oxygens (including phenoxy) is 2. The third-order valence-electron chi connectivity index (χ3n) is 4.52. The molecule has 6 nitrogen and oxygen atoms in total. The Hall–Kier alpha value is -2.86. The SMILES string of the molecule is CC(C)(C)NCC(COc1cccc2c1CC(=O)N2)OC(=O)Cc1ccccc1. The summed E-state index contributed by atoms with van der Waals surface area (Å²) in [7, 11) is 0. The van der Waals surface area contributed by atoms with Gasteiger partial charge in [0.2, 0.25) is 5.91 Å². The van der Waals surface area contributed by atoms with Crippen molar-refractivity contribution in [3.8, 4) is 5.75 Å². The summed E-state index contributed by atoms with van der Waals surface area (Å²) in [5, 5.41) is 6.18. The smallest absolute Gasteiger partial charge is 0.310 e. The van der Waals surface area contributed by atoms with Crippen LogP contribution >= 0.6 is 0 Å². The first-order chi connectivity index (χ1) is 13.8. The maximum atomic E-state index is 12.4. The number of hydrogen-bond donors (Lipinski definition) is 2. The Kier molecular flexibility index (Phi) is 6.54. The number of nitrogens with one attached hydrogen (secondary N) is 2. The molecular weight excluding hydrogens is 368 g/mol. The number of rotatable bonds is 8. The second kappa shape index (κ2) is 9.09. The van der Waals surface area contributed by atoms with E-state index in [4.69, 9.17) is 9.47 Å². The van der Waals surface area contributed by atoms with Crippen LogP contribution in [-0.2, 0) is 27.2 Å². The highest BCUT2D eigenvalue weighted by molar-refractivity contribution is 6.00. The predicted molar refractivity (Wildman–Crippen MR) is 112 cm³/mol. The summed E-state index contributed by atoms with van der Waals surface area (Å²) in [6.07, 6.45) is 0.0577. The molecule has 1 amide bonds. The molecule has 0 bridgehead atoms. The number of carbonyl (C=O) groups is 2. The number of hydrogen-bond acceptors (Lipinski definition) is 5. The minimum atomic E-state index is -0.452. The fraction of sp³-hybridized carbons (Fsp3) is 0.391. The van der Waals surface area contributed by atoms with Crippen molar-refractivity contribution in [2.45, 2.75) is 45.3 Å². The largest absolute Gasteiger partial charge is 0.489 e. The third kappa shape index (κ3) is 6.32. The second-order valence-corrected chi connectivity index (χ2v) is 8.22. The maximum Gasteiger partial charge on any atom is 0.310 e. The molecule has 1 aliphatic rings. The highest BCUT2D eigenvalue weighted by Gasteiger charge is 2.23. The first-order valence-electron chi connectivity index (χ1n) is 9.83. The van der Waals surface area contributed by atoms with Crippen LogP contribution in [0.3, 0.4) is 0 Å². The molecule has 1 heterocycles. The second-order valence-electron chi connectivity index (χ2n) is 8.22. The van der Waals surface area contributed by atoms with Crippen molar-refractivity contribution in [3.63, 3.8) is 0 Å². The van der Waals surface area contributed by atoms with E-state index in [1.165, 1.54) is 0 Å². The van der Waals surface area contributed by atoms with Crippen molar-refractivity contribution in [1.29, 1.82) is 0 Å². The van der Waals surface area contributed by atoms with Crippen LogP contribution in [-0.4, -0.2) is 36.7 Å². The van der Waals surface area contributed by atoms with Crippen LogP contribution in [0.25, 0.3) is 0 Å². The molecule has 0 fully saturated rings. The summed E-state index contributed by atoms with van der Waals surface area (Å²) < 4.78 is 11.7. The van der Waals surface area contributed by atoms with Crippen molar-refractivity contribution in [3.05, 3.63) is 59.7 Å². The Morgan fingerprint density at radius 1 is 1.14 bits per heavy atom. The third-order valence-corrected chi connectivity index (χ3v) is 4.52. The molecule has 2 N–H and O–H groups in total. The van der Waals surface area contributed by atoms with E-state index in [2.05, 4.69) is 31.4 Å². The van der Waals surface area contributed by atoms with E-state index in [9.17, 15) is 9.59 Å². The summed E-state index contributed by atoms with van der Waals surface area (Å²) in [5.74, 6) is 0.299. The maximum absolute atomic E-state index is 12.4. The Morgan fingerprint density at radius 2 is 1.90 bits per heavy atom. The molecule has 0 aliphatic carbocycles. The van der Waals surface area contributed by atoms with Gasteiger partial charge in [0.25, 0.3) is 0 Å². The zero-order valence-corrected chi connectivity index (χ0v) is 17.2. The summed E-state index contributed by atoms with van der Waals surface area (Å²) in [6.45, 7) is 6.83. The average Bonchev–Trinajstić information content (AvgIpc) is 3.05. The molecule has 29 heavy (non-hydrogen) atoms. The average molecular weight is 396 g/mol. The zero-order valence-electron chi connectivity index (χ0n) is 17.2. The molecule has 0 saturated carbocycles. The van der Waals surface area contributed by atoms with E-state index in [1.54, 1.807) is 0 Å². The van der Waals surface area contributed by atoms with E-state index in [0.717, 1.165) is 16.8 Å². The minimum absolute atomic E-state index is 0.0451. The molecule has 0 radical (unpaired) electrons. The van der Waals surface area contributed by atoms with Gasteiger partial charge in [-0.3, -0.25) is 9.59 Å². The van der Waals surface area contributed by atoms with E-state index in [1.807, 2.05) is 48.5 Å². The topological polar surface area (TPSA) is 76.7 Å². The van der Waals surface area contributed by atoms with Gasteiger partial charge in [0, 0.05) is 23.3 Å². The summed E-state index contributed by atoms with van der Waals surface area (Å²) in [6, 6.07) is 15.0. The molecule has 3 rings (SSSR count). The van der Waals surface area contributed by atoms with Gasteiger partial charge in [-0.15, -0.1) is 0 Å². The molecule has 0 saturated heterocycles. The van der Waals surface area contributed by atoms with Crippen molar-refractivity contribution in [2.75, 3.05) is 18.5 Å². The van der Waals surface area contributed by atoms with Crippen LogP contribution in [0.1, 0.15) is 31.9 Å². The lowest BCUT2D eigenvalue weighted by molar-refractivity contribution is -0.149. The lowest BCUT2D eigenvalue weighted by atomic mass is 10.1. The molecule has 0 spiro atoms. The monoisotopic (exact) mass is 396 g/mol. The van der Waals surface area contributed by atoms with E-state index in [-0.39, 0.29) is 30.4 Å². The normalized spacial score (nSPS) is 14.1. The van der Waals surface area contributed by atoms with Gasteiger partial charge in [0.1, 0.15) is 18.5 Å². The molecular formula is C23H28N2O4. The Balaban J connectivity index is 1.63. The number of esters is 1. The van der Waals surface area contributed by atoms with E-state index in [0.29, 0.717) is 18.7 Å². The standard InChI is InChI=1S/C23H28N2O4/c1-23(2,3)24-14-17(29-22(27)12-16-8-5-4-6-9-16)15-28-20-11-7-10-19-18(20)13-21(26)25-19/h4-11,17,24H,12-15H2,1-3H3,(H,25,26). The van der Waals surface area contributed by atoms with Crippen LogP contribution in [0, 0.1) is 0 Å². The minimum Gasteiger partial charge on any atom is -0.489 e. The fourth-order valence-corrected chi connectivity index (χ4v) is 3.08. The molecule has 1 unspecified atom stereocenters. The van der Waals surface area contributed by atoms with Crippen molar-refractivity contribution in [2.24, 2.45) is 0 Å². The van der Waals surface area contributed by atoms with Crippen LogP contribution in [0.4, 0.5) is 5.69 Å². The van der Waals surface area contributed by atoms with Gasteiger partial charge >= 0.3 is 5.97 Å². The molecule has 2 aromatic carbocycles. The molecule has 1 aliphatic heterocycles. The molecule has 154 valence electrons. The number of benzene rings is 2. The highest BCUT2D eigenvalue weighted by Crippen LogP contribution is 2.31. The van der Waals surface area contributed by atoms with Gasteiger partial charge in [0.15, 0.2) is 0 Å². The van der Waals surface area contributed by atoms with Gasteiger partial charge in [-0.05, 0) is 38.5 Å². The van der Waals surface area contributed by atoms with Gasteiger partial charge in [-0.25, -0.2) is 0 Å². The Labute approximate surface area is 171 Å². The highest BCUT2D eigenvalue weighted by atomic mass is 16.6. The van der Waals surface area contributed by atoms with Crippen molar-refractivity contribution < 1.29 is 19.1 Å². The molecule has 2 aromatic rings. The van der Waals surface area contributed by atoms with Crippen LogP contribution < -0.4 is 15.4 Å². The number of fused-ring (bicyclic) bond motifs is 1. The van der Waals surface area contributed by atoms with E-state index >= 15 is 0 Å². The van der Waals surface area contributed by atoms with Crippen LogP contribution in [0.5, 0.6) is 5.75 Å². The summed E-state index contributed by atoms with van der Waals surface area (Å²) in [4.78, 5) is 24.1. The summed E-state index contributed by atoms with van der Waals surface area (Å²) in [5.41, 5.74) is 2.41. The van der Waals surface area contributed by atoms with Crippen molar-refractivity contribution in [1.82, 2.24) is 5.32 Å². The summed E-state index contributed by atoms with van der Waals surface area (Å²) >= 11 is 0. The van der Waals surface area contributed by atoms with Crippen LogP contribution in [0.15, 0.2) is 48.5 Å². The predicted octanol–water partition coefficient (Wildman–Crippen LogP) is 3.10. The quantitative estimate of drug-likeness (QED) is 0.671. The number of amides is 1. The fourth-order valence-electron chi connectivity index (χ4n) is 3.08. The van der Waals surface area contributed by atoms with Gasteiger partial charge < -0.3 is 20.1 Å². The van der Waals surface area contributed by atoms with Crippen LogP contribution in [0.2, 0.25) is 0 Å². The first-order valence-corrected chi connectivity index (χ1v) is 9.83. The van der Waals surface area contributed by atoms with Crippen molar-refractivity contribution >= 4 is 17.6 Å². The zero-order chi connectivity index (χ0) is 20.9. The van der Waals surface area contributed by atoms with Gasteiger partial charge in [-0.1, -0.05) is 36.4 Å². The Bertz CT molecular complexity index is 859. The number of anilines is 1. The van der Waals surface area contributed by atoms with E-state index < -0.39 is 6.10 Å². The van der Waals surface area contributed by atoms with Gasteiger partial charge in [0.05, 0.1) is 12.8 Å². The molecule has 6 heteroatoms. The first kappa shape index (κ1) is 20.9. The van der Waals surface area contributed by atoms with Gasteiger partial charge in [-0.2, -0.15) is 0 Å². The number of carbonyl (C=O) groups excluding carboxylic acids is 2. The molecule has 0 aromatic heterocycles. The lowest BCUT2D eigenvalue weighted by Crippen LogP contribution is -2.44. The molecule has 1 atom stereocenters. The Morgan fingerprint density at radius 3 is 2.62 bits per heavy atom.